The molecule has 4 nitrogen and oxygen atoms in total. The van der Waals surface area contributed by atoms with Crippen molar-refractivity contribution >= 4 is 28.9 Å². The van der Waals surface area contributed by atoms with Gasteiger partial charge in [-0.05, 0) is 49.2 Å². The molecular formula is C19H21ClN2O2. The Morgan fingerprint density at radius 2 is 2.00 bits per heavy atom. The Hall–Kier alpha value is -2.46. The third-order valence-electron chi connectivity index (χ3n) is 3.23. The van der Waals surface area contributed by atoms with Crippen LogP contribution in [0.5, 0.6) is 5.75 Å². The molecule has 5 heteroatoms. The highest BCUT2D eigenvalue weighted by molar-refractivity contribution is 6.31. The van der Waals surface area contributed by atoms with Crippen LogP contribution < -0.4 is 15.4 Å². The predicted octanol–water partition coefficient (Wildman–Crippen LogP) is 4.65. The van der Waals surface area contributed by atoms with E-state index >= 15 is 0 Å². The van der Waals surface area contributed by atoms with Crippen molar-refractivity contribution in [3.05, 3.63) is 65.2 Å². The summed E-state index contributed by atoms with van der Waals surface area (Å²) in [5.74, 6) is 0.540. The minimum atomic E-state index is -0.149. The van der Waals surface area contributed by atoms with Crippen molar-refractivity contribution in [1.29, 1.82) is 0 Å². The zero-order chi connectivity index (χ0) is 17.5. The Kier molecular flexibility index (Phi) is 6.27. The molecular weight excluding hydrogens is 324 g/mol. The molecule has 0 atom stereocenters. The van der Waals surface area contributed by atoms with Crippen LogP contribution in [0.15, 0.2) is 54.6 Å². The van der Waals surface area contributed by atoms with Crippen molar-refractivity contribution in [3.63, 3.8) is 0 Å². The van der Waals surface area contributed by atoms with E-state index < -0.39 is 0 Å². The number of hydrogen-bond acceptors (Lipinski definition) is 3. The molecule has 2 aromatic carbocycles. The highest BCUT2D eigenvalue weighted by Gasteiger charge is 2.05. The second-order valence-corrected chi connectivity index (χ2v) is 6.05. The van der Waals surface area contributed by atoms with Gasteiger partial charge < -0.3 is 15.4 Å². The zero-order valence-electron chi connectivity index (χ0n) is 13.9. The van der Waals surface area contributed by atoms with Crippen molar-refractivity contribution in [2.75, 3.05) is 23.8 Å². The highest BCUT2D eigenvalue weighted by Crippen LogP contribution is 2.20. The fraction of sp³-hybridized carbons (Fsp3) is 0.211. The predicted molar refractivity (Wildman–Crippen MR) is 100 cm³/mol. The minimum Gasteiger partial charge on any atom is -0.489 e. The number of ether oxygens (including phenoxy) is 1. The SMILES string of the molecule is C=C(C)COc1cccc(NC(=O)CNc2ccc(C)c(Cl)c2)c1. The summed E-state index contributed by atoms with van der Waals surface area (Å²) in [5.41, 5.74) is 3.42. The van der Waals surface area contributed by atoms with Crippen molar-refractivity contribution < 1.29 is 9.53 Å². The van der Waals surface area contributed by atoms with E-state index in [2.05, 4.69) is 17.2 Å². The van der Waals surface area contributed by atoms with E-state index in [0.29, 0.717) is 23.1 Å². The van der Waals surface area contributed by atoms with Gasteiger partial charge in [0.1, 0.15) is 12.4 Å². The Bertz CT molecular complexity index is 744. The first-order chi connectivity index (χ1) is 11.4. The first kappa shape index (κ1) is 17.9. The molecule has 2 aromatic rings. The monoisotopic (exact) mass is 344 g/mol. The lowest BCUT2D eigenvalue weighted by Gasteiger charge is -2.10. The molecule has 0 saturated carbocycles. The van der Waals surface area contributed by atoms with Gasteiger partial charge in [0.2, 0.25) is 5.91 Å². The number of carbonyl (C=O) groups excluding carboxylic acids is 1. The fourth-order valence-electron chi connectivity index (χ4n) is 1.96. The van der Waals surface area contributed by atoms with Crippen molar-refractivity contribution in [3.8, 4) is 5.75 Å². The molecule has 24 heavy (non-hydrogen) atoms. The number of hydrogen-bond donors (Lipinski definition) is 2. The number of nitrogens with one attached hydrogen (secondary N) is 2. The number of aryl methyl sites for hydroxylation is 1. The average molecular weight is 345 g/mol. The summed E-state index contributed by atoms with van der Waals surface area (Å²) in [4.78, 5) is 12.1. The lowest BCUT2D eigenvalue weighted by molar-refractivity contribution is -0.114. The van der Waals surface area contributed by atoms with Gasteiger partial charge in [0, 0.05) is 22.5 Å². The number of anilines is 2. The fourth-order valence-corrected chi connectivity index (χ4v) is 2.14. The molecule has 0 aliphatic heterocycles. The highest BCUT2D eigenvalue weighted by atomic mass is 35.5. The Labute approximate surface area is 147 Å². The number of carbonyl (C=O) groups is 1. The van der Waals surface area contributed by atoms with Gasteiger partial charge in [0.15, 0.2) is 0 Å². The normalized spacial score (nSPS) is 10.1. The van der Waals surface area contributed by atoms with Crippen LogP contribution in [0, 0.1) is 6.92 Å². The molecule has 2 rings (SSSR count). The summed E-state index contributed by atoms with van der Waals surface area (Å²) in [7, 11) is 0. The van der Waals surface area contributed by atoms with Gasteiger partial charge in [0.05, 0.1) is 6.54 Å². The molecule has 0 spiro atoms. The third-order valence-corrected chi connectivity index (χ3v) is 3.64. The van der Waals surface area contributed by atoms with Gasteiger partial charge in [-0.2, -0.15) is 0 Å². The molecule has 0 fully saturated rings. The molecule has 0 radical (unpaired) electrons. The first-order valence-corrected chi connectivity index (χ1v) is 7.99. The zero-order valence-corrected chi connectivity index (χ0v) is 14.6. The Morgan fingerprint density at radius 1 is 1.21 bits per heavy atom. The van der Waals surface area contributed by atoms with Crippen LogP contribution in [0.2, 0.25) is 5.02 Å². The number of benzene rings is 2. The number of rotatable bonds is 7. The summed E-state index contributed by atoms with van der Waals surface area (Å²) in [6.45, 7) is 8.22. The second kappa shape index (κ2) is 8.41. The Balaban J connectivity index is 1.88. The number of amides is 1. The van der Waals surface area contributed by atoms with E-state index in [0.717, 1.165) is 16.8 Å². The largest absolute Gasteiger partial charge is 0.489 e. The van der Waals surface area contributed by atoms with Crippen molar-refractivity contribution in [1.82, 2.24) is 0 Å². The summed E-state index contributed by atoms with van der Waals surface area (Å²) in [5, 5.41) is 6.55. The van der Waals surface area contributed by atoms with Crippen LogP contribution in [0.4, 0.5) is 11.4 Å². The van der Waals surface area contributed by atoms with Crippen LogP contribution in [0.3, 0.4) is 0 Å². The molecule has 2 N–H and O–H groups in total. The molecule has 0 aliphatic carbocycles. The van der Waals surface area contributed by atoms with Gasteiger partial charge in [-0.1, -0.05) is 30.3 Å². The lowest BCUT2D eigenvalue weighted by Crippen LogP contribution is -2.21. The quantitative estimate of drug-likeness (QED) is 0.718. The van der Waals surface area contributed by atoms with E-state index in [1.165, 1.54) is 0 Å². The van der Waals surface area contributed by atoms with Crippen LogP contribution >= 0.6 is 11.6 Å². The maximum absolute atomic E-state index is 12.1. The topological polar surface area (TPSA) is 50.4 Å². The van der Waals surface area contributed by atoms with E-state index in [9.17, 15) is 4.79 Å². The molecule has 0 saturated heterocycles. The molecule has 0 aliphatic rings. The summed E-state index contributed by atoms with van der Waals surface area (Å²) in [6.07, 6.45) is 0. The molecule has 0 bridgehead atoms. The molecule has 126 valence electrons. The minimum absolute atomic E-state index is 0.149. The summed E-state index contributed by atoms with van der Waals surface area (Å²) >= 11 is 6.07. The van der Waals surface area contributed by atoms with E-state index in [4.69, 9.17) is 16.3 Å². The van der Waals surface area contributed by atoms with Crippen LogP contribution in [-0.2, 0) is 4.79 Å². The van der Waals surface area contributed by atoms with Gasteiger partial charge in [-0.25, -0.2) is 0 Å². The lowest BCUT2D eigenvalue weighted by atomic mass is 10.2. The van der Waals surface area contributed by atoms with E-state index in [-0.39, 0.29) is 12.5 Å². The smallest absolute Gasteiger partial charge is 0.243 e. The standard InChI is InChI=1S/C19H21ClN2O2/c1-13(2)12-24-17-6-4-5-16(9-17)22-19(23)11-21-15-8-7-14(3)18(20)10-15/h4-10,21H,1,11-12H2,2-3H3,(H,22,23). The van der Waals surface area contributed by atoms with Crippen LogP contribution in [0.25, 0.3) is 0 Å². The maximum atomic E-state index is 12.1. The second-order valence-electron chi connectivity index (χ2n) is 5.64. The summed E-state index contributed by atoms with van der Waals surface area (Å²) in [6, 6.07) is 12.9. The van der Waals surface area contributed by atoms with Crippen LogP contribution in [-0.4, -0.2) is 19.1 Å². The molecule has 0 unspecified atom stereocenters. The van der Waals surface area contributed by atoms with Gasteiger partial charge in [-0.3, -0.25) is 4.79 Å². The van der Waals surface area contributed by atoms with Crippen molar-refractivity contribution in [2.24, 2.45) is 0 Å². The maximum Gasteiger partial charge on any atom is 0.243 e. The number of halogens is 1. The van der Waals surface area contributed by atoms with Crippen molar-refractivity contribution in [2.45, 2.75) is 13.8 Å². The average Bonchev–Trinajstić information content (AvgIpc) is 2.54. The van der Waals surface area contributed by atoms with Crippen LogP contribution in [0.1, 0.15) is 12.5 Å². The van der Waals surface area contributed by atoms with Gasteiger partial charge in [-0.15, -0.1) is 0 Å². The summed E-state index contributed by atoms with van der Waals surface area (Å²) < 4.78 is 5.56. The van der Waals surface area contributed by atoms with Gasteiger partial charge >= 0.3 is 0 Å². The third kappa shape index (κ3) is 5.63. The van der Waals surface area contributed by atoms with Gasteiger partial charge in [0.25, 0.3) is 0 Å². The molecule has 1 amide bonds. The molecule has 0 heterocycles. The van der Waals surface area contributed by atoms with E-state index in [1.807, 2.05) is 44.2 Å². The molecule has 0 aromatic heterocycles. The van der Waals surface area contributed by atoms with E-state index in [1.54, 1.807) is 12.1 Å². The Morgan fingerprint density at radius 3 is 2.71 bits per heavy atom. The first-order valence-electron chi connectivity index (χ1n) is 7.61.